The van der Waals surface area contributed by atoms with Crippen molar-refractivity contribution in [2.24, 2.45) is 5.92 Å². The molecular weight excluding hydrogens is 222 g/mol. The summed E-state index contributed by atoms with van der Waals surface area (Å²) in [4.78, 5) is 11.9. The summed E-state index contributed by atoms with van der Waals surface area (Å²) in [6, 6.07) is 7.89. The minimum atomic E-state index is 0.00315. The molecule has 2 rings (SSSR count). The molecule has 0 aromatic heterocycles. The molecule has 1 aliphatic carbocycles. The van der Waals surface area contributed by atoms with Gasteiger partial charge in [-0.2, -0.15) is 0 Å². The van der Waals surface area contributed by atoms with Gasteiger partial charge in [0.25, 0.3) is 0 Å². The molecular formula is C16H21NO. The number of hydrogen-bond donors (Lipinski definition) is 1. The Bertz CT molecular complexity index is 435. The van der Waals surface area contributed by atoms with Gasteiger partial charge in [-0.15, -0.1) is 0 Å². The van der Waals surface area contributed by atoms with Crippen LogP contribution in [0.2, 0.25) is 0 Å². The van der Waals surface area contributed by atoms with Gasteiger partial charge in [0, 0.05) is 11.8 Å². The molecule has 1 aromatic rings. The third-order valence-electron chi connectivity index (χ3n) is 3.57. The van der Waals surface area contributed by atoms with Gasteiger partial charge in [-0.25, -0.2) is 0 Å². The summed E-state index contributed by atoms with van der Waals surface area (Å²) in [5.41, 5.74) is 3.36. The monoisotopic (exact) mass is 243 g/mol. The minimum Gasteiger partial charge on any atom is -0.323 e. The van der Waals surface area contributed by atoms with Crippen LogP contribution in [0.15, 0.2) is 35.9 Å². The summed E-state index contributed by atoms with van der Waals surface area (Å²) in [6.07, 6.45) is 6.35. The highest BCUT2D eigenvalue weighted by Crippen LogP contribution is 2.27. The molecule has 1 saturated carbocycles. The quantitative estimate of drug-likeness (QED) is 0.779. The molecule has 18 heavy (non-hydrogen) atoms. The number of anilines is 1. The Morgan fingerprint density at radius 2 is 1.83 bits per heavy atom. The maximum atomic E-state index is 11.9. The highest BCUT2D eigenvalue weighted by Gasteiger charge is 2.13. The van der Waals surface area contributed by atoms with Gasteiger partial charge in [-0.05, 0) is 50.7 Å². The van der Waals surface area contributed by atoms with E-state index in [0.29, 0.717) is 0 Å². The van der Waals surface area contributed by atoms with E-state index in [1.165, 1.54) is 24.0 Å². The van der Waals surface area contributed by atoms with Crippen LogP contribution in [-0.4, -0.2) is 5.91 Å². The number of amides is 1. The van der Waals surface area contributed by atoms with E-state index >= 15 is 0 Å². The van der Waals surface area contributed by atoms with Crippen molar-refractivity contribution in [1.29, 1.82) is 0 Å². The minimum absolute atomic E-state index is 0.00315. The number of aryl methyl sites for hydroxylation is 1. The second kappa shape index (κ2) is 5.85. The lowest BCUT2D eigenvalue weighted by Gasteiger charge is -2.19. The topological polar surface area (TPSA) is 29.1 Å². The Morgan fingerprint density at radius 1 is 1.22 bits per heavy atom. The average Bonchev–Trinajstić information content (AvgIpc) is 2.35. The van der Waals surface area contributed by atoms with Crippen LogP contribution < -0.4 is 5.32 Å². The number of benzene rings is 1. The summed E-state index contributed by atoms with van der Waals surface area (Å²) in [7, 11) is 0. The van der Waals surface area contributed by atoms with E-state index in [4.69, 9.17) is 0 Å². The SMILES string of the molecule is Cc1ccc(NC(=O)C=C2CCC(C)CC2)cc1. The molecule has 0 bridgehead atoms. The number of hydrogen-bond acceptors (Lipinski definition) is 1. The zero-order valence-electron chi connectivity index (χ0n) is 11.2. The molecule has 0 radical (unpaired) electrons. The lowest BCUT2D eigenvalue weighted by molar-refractivity contribution is -0.112. The summed E-state index contributed by atoms with van der Waals surface area (Å²) in [6.45, 7) is 4.32. The fourth-order valence-corrected chi connectivity index (χ4v) is 2.28. The van der Waals surface area contributed by atoms with Gasteiger partial charge in [-0.3, -0.25) is 4.79 Å². The molecule has 0 atom stereocenters. The van der Waals surface area contributed by atoms with Crippen LogP contribution in [0.3, 0.4) is 0 Å². The Kier molecular flexibility index (Phi) is 4.19. The van der Waals surface area contributed by atoms with Gasteiger partial charge in [0.05, 0.1) is 0 Å². The molecule has 0 spiro atoms. The van der Waals surface area contributed by atoms with Gasteiger partial charge in [0.15, 0.2) is 0 Å². The van der Waals surface area contributed by atoms with E-state index in [2.05, 4.69) is 12.2 Å². The van der Waals surface area contributed by atoms with Crippen molar-refractivity contribution >= 4 is 11.6 Å². The zero-order valence-corrected chi connectivity index (χ0v) is 11.2. The second-order valence-electron chi connectivity index (χ2n) is 5.34. The first-order valence-corrected chi connectivity index (χ1v) is 6.70. The predicted octanol–water partition coefficient (Wildman–Crippen LogP) is 4.07. The molecule has 0 unspecified atom stereocenters. The fourth-order valence-electron chi connectivity index (χ4n) is 2.28. The van der Waals surface area contributed by atoms with Crippen LogP contribution in [0.4, 0.5) is 5.69 Å². The van der Waals surface area contributed by atoms with Crippen LogP contribution in [0.5, 0.6) is 0 Å². The van der Waals surface area contributed by atoms with Crippen LogP contribution in [0.1, 0.15) is 38.2 Å². The van der Waals surface area contributed by atoms with Crippen molar-refractivity contribution in [3.63, 3.8) is 0 Å². The van der Waals surface area contributed by atoms with Crippen LogP contribution >= 0.6 is 0 Å². The highest BCUT2D eigenvalue weighted by molar-refractivity contribution is 5.99. The summed E-state index contributed by atoms with van der Waals surface area (Å²) in [5.74, 6) is 0.811. The van der Waals surface area contributed by atoms with E-state index in [0.717, 1.165) is 24.4 Å². The Labute approximate surface area is 109 Å². The van der Waals surface area contributed by atoms with E-state index < -0.39 is 0 Å². The molecule has 96 valence electrons. The van der Waals surface area contributed by atoms with Crippen molar-refractivity contribution in [3.05, 3.63) is 41.5 Å². The lowest BCUT2D eigenvalue weighted by Crippen LogP contribution is -2.11. The number of nitrogens with one attached hydrogen (secondary N) is 1. The Balaban J connectivity index is 1.92. The van der Waals surface area contributed by atoms with Crippen molar-refractivity contribution in [3.8, 4) is 0 Å². The number of carbonyl (C=O) groups is 1. The van der Waals surface area contributed by atoms with Crippen molar-refractivity contribution in [2.45, 2.75) is 39.5 Å². The molecule has 2 heteroatoms. The summed E-state index contributed by atoms with van der Waals surface area (Å²) < 4.78 is 0. The number of carbonyl (C=O) groups excluding carboxylic acids is 1. The van der Waals surface area contributed by atoms with Crippen molar-refractivity contribution in [2.75, 3.05) is 5.32 Å². The largest absolute Gasteiger partial charge is 0.323 e. The molecule has 1 fully saturated rings. The summed E-state index contributed by atoms with van der Waals surface area (Å²) >= 11 is 0. The Hall–Kier alpha value is -1.57. The zero-order chi connectivity index (χ0) is 13.0. The molecule has 0 aliphatic heterocycles. The van der Waals surface area contributed by atoms with Gasteiger partial charge < -0.3 is 5.32 Å². The second-order valence-corrected chi connectivity index (χ2v) is 5.34. The highest BCUT2D eigenvalue weighted by atomic mass is 16.1. The van der Waals surface area contributed by atoms with Gasteiger partial charge in [0.1, 0.15) is 0 Å². The first kappa shape index (κ1) is 12.9. The van der Waals surface area contributed by atoms with Gasteiger partial charge >= 0.3 is 0 Å². The fraction of sp³-hybridized carbons (Fsp3) is 0.438. The van der Waals surface area contributed by atoms with E-state index in [-0.39, 0.29) is 5.91 Å². The molecule has 2 nitrogen and oxygen atoms in total. The standard InChI is InChI=1S/C16H21NO/c1-12-3-7-14(8-4-12)11-16(18)17-15-9-5-13(2)6-10-15/h5-6,9-12H,3-4,7-8H2,1-2H3,(H,17,18). The molecule has 1 amide bonds. The Morgan fingerprint density at radius 3 is 2.44 bits per heavy atom. The first-order valence-electron chi connectivity index (χ1n) is 6.70. The number of rotatable bonds is 2. The van der Waals surface area contributed by atoms with Crippen molar-refractivity contribution in [1.82, 2.24) is 0 Å². The molecule has 1 aromatic carbocycles. The van der Waals surface area contributed by atoms with Crippen LogP contribution in [-0.2, 0) is 4.79 Å². The first-order chi connectivity index (χ1) is 8.63. The van der Waals surface area contributed by atoms with E-state index in [1.807, 2.05) is 31.2 Å². The maximum Gasteiger partial charge on any atom is 0.248 e. The lowest BCUT2D eigenvalue weighted by atomic mass is 9.87. The third kappa shape index (κ3) is 3.73. The smallest absolute Gasteiger partial charge is 0.248 e. The van der Waals surface area contributed by atoms with Crippen LogP contribution in [0.25, 0.3) is 0 Å². The molecule has 0 heterocycles. The summed E-state index contributed by atoms with van der Waals surface area (Å²) in [5, 5.41) is 2.91. The maximum absolute atomic E-state index is 11.9. The third-order valence-corrected chi connectivity index (χ3v) is 3.57. The molecule has 1 N–H and O–H groups in total. The molecule has 0 saturated heterocycles. The number of allylic oxidation sites excluding steroid dienone is 1. The average molecular weight is 243 g/mol. The van der Waals surface area contributed by atoms with Crippen LogP contribution in [0, 0.1) is 12.8 Å². The van der Waals surface area contributed by atoms with Gasteiger partial charge in [-0.1, -0.05) is 30.2 Å². The van der Waals surface area contributed by atoms with Gasteiger partial charge in [0.2, 0.25) is 5.91 Å². The van der Waals surface area contributed by atoms with Crippen molar-refractivity contribution < 1.29 is 4.79 Å². The normalized spacial score (nSPS) is 19.4. The van der Waals surface area contributed by atoms with E-state index in [9.17, 15) is 4.79 Å². The molecule has 1 aliphatic rings. The predicted molar refractivity (Wildman–Crippen MR) is 75.5 cm³/mol. The van der Waals surface area contributed by atoms with E-state index in [1.54, 1.807) is 6.08 Å².